The van der Waals surface area contributed by atoms with Crippen molar-refractivity contribution in [2.75, 3.05) is 24.8 Å². The van der Waals surface area contributed by atoms with Crippen molar-refractivity contribution in [3.63, 3.8) is 0 Å². The molecule has 136 valence electrons. The van der Waals surface area contributed by atoms with Crippen molar-refractivity contribution in [2.24, 2.45) is 7.05 Å². The number of aliphatic hydroxyl groups is 2. The molecular formula is C15H19FN4O4S. The maximum atomic E-state index is 14.2. The van der Waals surface area contributed by atoms with Crippen LogP contribution in [0.4, 0.5) is 15.8 Å². The number of nitrogens with zero attached hydrogens (tertiary/aromatic N) is 2. The fourth-order valence-electron chi connectivity index (χ4n) is 1.97. The standard InChI is InChI=1S/C15H19FN4O4S/c1-20-13(22)8-12(14(18-20)15(23)19-24-6-5-21)17-11-4-3-9(25-2)7-10(11)16/h3-4,7-8,15,17,19,21,23H,5-6H2,1-2H3. The molecule has 0 aliphatic carbocycles. The Kier molecular flexibility index (Phi) is 6.91. The van der Waals surface area contributed by atoms with Crippen LogP contribution in [-0.4, -0.2) is 39.5 Å². The normalized spacial score (nSPS) is 12.2. The largest absolute Gasteiger partial charge is 0.394 e. The van der Waals surface area contributed by atoms with Gasteiger partial charge in [-0.25, -0.2) is 9.07 Å². The number of thioether (sulfide) groups is 1. The molecule has 0 saturated heterocycles. The number of rotatable bonds is 8. The van der Waals surface area contributed by atoms with Crippen LogP contribution in [0.3, 0.4) is 0 Å². The summed E-state index contributed by atoms with van der Waals surface area (Å²) in [6.45, 7) is -0.283. The van der Waals surface area contributed by atoms with E-state index in [1.807, 2.05) is 6.26 Å². The Labute approximate surface area is 147 Å². The van der Waals surface area contributed by atoms with Gasteiger partial charge in [-0.05, 0) is 24.5 Å². The third-order valence-corrected chi connectivity index (χ3v) is 3.94. The highest BCUT2D eigenvalue weighted by Gasteiger charge is 2.18. The van der Waals surface area contributed by atoms with Crippen molar-refractivity contribution in [1.82, 2.24) is 15.3 Å². The van der Waals surface area contributed by atoms with Gasteiger partial charge in [-0.1, -0.05) is 0 Å². The van der Waals surface area contributed by atoms with Crippen LogP contribution in [0.2, 0.25) is 0 Å². The summed E-state index contributed by atoms with van der Waals surface area (Å²) in [4.78, 5) is 17.4. The van der Waals surface area contributed by atoms with E-state index in [9.17, 15) is 14.3 Å². The molecule has 10 heteroatoms. The lowest BCUT2D eigenvalue weighted by Crippen LogP contribution is -2.29. The van der Waals surface area contributed by atoms with Gasteiger partial charge in [-0.3, -0.25) is 9.63 Å². The van der Waals surface area contributed by atoms with E-state index in [0.29, 0.717) is 0 Å². The highest BCUT2D eigenvalue weighted by atomic mass is 32.2. The van der Waals surface area contributed by atoms with E-state index in [4.69, 9.17) is 9.94 Å². The molecule has 25 heavy (non-hydrogen) atoms. The molecule has 1 atom stereocenters. The molecule has 1 heterocycles. The molecule has 1 aromatic carbocycles. The highest BCUT2D eigenvalue weighted by molar-refractivity contribution is 7.98. The van der Waals surface area contributed by atoms with Crippen LogP contribution in [0.15, 0.2) is 34.0 Å². The Hall–Kier alpha value is -1.98. The number of benzene rings is 1. The van der Waals surface area contributed by atoms with Gasteiger partial charge in [0.15, 0.2) is 6.23 Å². The van der Waals surface area contributed by atoms with Crippen molar-refractivity contribution in [2.45, 2.75) is 11.1 Å². The number of halogens is 1. The lowest BCUT2D eigenvalue weighted by Gasteiger charge is -2.17. The molecule has 8 nitrogen and oxygen atoms in total. The van der Waals surface area contributed by atoms with Crippen molar-refractivity contribution >= 4 is 23.1 Å². The molecule has 2 rings (SSSR count). The van der Waals surface area contributed by atoms with E-state index in [1.165, 1.54) is 37.0 Å². The van der Waals surface area contributed by atoms with E-state index >= 15 is 0 Å². The number of aryl methyl sites for hydroxylation is 1. The minimum atomic E-state index is -1.39. The Morgan fingerprint density at radius 1 is 1.40 bits per heavy atom. The first-order valence-electron chi connectivity index (χ1n) is 7.31. The summed E-state index contributed by atoms with van der Waals surface area (Å²) in [6, 6.07) is 5.81. The number of aliphatic hydroxyl groups excluding tert-OH is 2. The molecule has 0 radical (unpaired) electrons. The Bertz CT molecular complexity index is 787. The van der Waals surface area contributed by atoms with Gasteiger partial charge in [0.1, 0.15) is 11.5 Å². The summed E-state index contributed by atoms with van der Waals surface area (Å²) < 4.78 is 15.2. The summed E-state index contributed by atoms with van der Waals surface area (Å²) in [6.07, 6.45) is 0.438. The second-order valence-corrected chi connectivity index (χ2v) is 5.85. The molecule has 1 aromatic heterocycles. The van der Waals surface area contributed by atoms with Crippen molar-refractivity contribution in [3.05, 3.63) is 46.1 Å². The van der Waals surface area contributed by atoms with Gasteiger partial charge in [-0.15, -0.1) is 11.8 Å². The van der Waals surface area contributed by atoms with E-state index in [0.717, 1.165) is 9.58 Å². The first-order valence-corrected chi connectivity index (χ1v) is 8.53. The second-order valence-electron chi connectivity index (χ2n) is 4.97. The van der Waals surface area contributed by atoms with Gasteiger partial charge in [0.2, 0.25) is 0 Å². The number of hydrogen-bond donors (Lipinski definition) is 4. The number of anilines is 2. The Morgan fingerprint density at radius 2 is 2.16 bits per heavy atom. The van der Waals surface area contributed by atoms with Crippen LogP contribution in [0.25, 0.3) is 0 Å². The van der Waals surface area contributed by atoms with Crippen LogP contribution in [0.5, 0.6) is 0 Å². The highest BCUT2D eigenvalue weighted by Crippen LogP contribution is 2.26. The average molecular weight is 370 g/mol. The van der Waals surface area contributed by atoms with E-state index < -0.39 is 17.6 Å². The SMILES string of the molecule is CSc1ccc(Nc2cc(=O)n(C)nc2C(O)NOCCO)c(F)c1. The van der Waals surface area contributed by atoms with E-state index in [-0.39, 0.29) is 30.3 Å². The molecule has 0 fully saturated rings. The van der Waals surface area contributed by atoms with Gasteiger partial charge in [0.05, 0.1) is 24.6 Å². The summed E-state index contributed by atoms with van der Waals surface area (Å²) in [5, 5.41) is 25.6. The lowest BCUT2D eigenvalue weighted by molar-refractivity contribution is -0.0694. The smallest absolute Gasteiger partial charge is 0.268 e. The van der Waals surface area contributed by atoms with Crippen molar-refractivity contribution in [1.29, 1.82) is 0 Å². The van der Waals surface area contributed by atoms with Gasteiger partial charge in [-0.2, -0.15) is 10.6 Å². The van der Waals surface area contributed by atoms with Crippen LogP contribution in [0.1, 0.15) is 11.9 Å². The number of aromatic nitrogens is 2. The maximum Gasteiger partial charge on any atom is 0.268 e. The molecule has 0 aliphatic heterocycles. The van der Waals surface area contributed by atoms with Gasteiger partial charge < -0.3 is 15.5 Å². The minimum Gasteiger partial charge on any atom is -0.394 e. The predicted octanol–water partition coefficient (Wildman–Crippen LogP) is 0.889. The third kappa shape index (κ3) is 5.00. The zero-order valence-electron chi connectivity index (χ0n) is 13.7. The monoisotopic (exact) mass is 370 g/mol. The molecular weight excluding hydrogens is 351 g/mol. The van der Waals surface area contributed by atoms with E-state index in [1.54, 1.807) is 6.07 Å². The summed E-state index contributed by atoms with van der Waals surface area (Å²) in [7, 11) is 1.42. The van der Waals surface area contributed by atoms with Crippen LogP contribution >= 0.6 is 11.8 Å². The Balaban J connectivity index is 2.32. The average Bonchev–Trinajstić information content (AvgIpc) is 2.59. The summed E-state index contributed by atoms with van der Waals surface area (Å²) >= 11 is 1.40. The molecule has 2 aromatic rings. The van der Waals surface area contributed by atoms with Gasteiger partial charge >= 0.3 is 0 Å². The zero-order valence-corrected chi connectivity index (χ0v) is 14.5. The van der Waals surface area contributed by atoms with E-state index in [2.05, 4.69) is 15.9 Å². The van der Waals surface area contributed by atoms with Gasteiger partial charge in [0.25, 0.3) is 5.56 Å². The van der Waals surface area contributed by atoms with Crippen LogP contribution < -0.4 is 16.4 Å². The molecule has 0 amide bonds. The predicted molar refractivity (Wildman–Crippen MR) is 92.1 cm³/mol. The lowest BCUT2D eigenvalue weighted by atomic mass is 10.2. The molecule has 0 saturated carbocycles. The number of nitrogens with one attached hydrogen (secondary N) is 2. The first kappa shape index (κ1) is 19.3. The van der Waals surface area contributed by atoms with Crippen molar-refractivity contribution in [3.8, 4) is 0 Å². The summed E-state index contributed by atoms with van der Waals surface area (Å²) in [5.74, 6) is -0.502. The van der Waals surface area contributed by atoms with Crippen molar-refractivity contribution < 1.29 is 19.4 Å². The molecule has 1 unspecified atom stereocenters. The number of hydroxylamine groups is 1. The quantitative estimate of drug-likeness (QED) is 0.235. The summed E-state index contributed by atoms with van der Waals surface area (Å²) in [5.41, 5.74) is 2.15. The molecule has 0 bridgehead atoms. The third-order valence-electron chi connectivity index (χ3n) is 3.21. The van der Waals surface area contributed by atoms with Gasteiger partial charge in [0, 0.05) is 18.0 Å². The zero-order chi connectivity index (χ0) is 18.4. The molecule has 0 aliphatic rings. The maximum absolute atomic E-state index is 14.2. The minimum absolute atomic E-state index is 0.0355. The fraction of sp³-hybridized carbons (Fsp3) is 0.333. The van der Waals surface area contributed by atoms with Crippen LogP contribution in [-0.2, 0) is 11.9 Å². The molecule has 0 spiro atoms. The topological polar surface area (TPSA) is 109 Å². The second kappa shape index (κ2) is 8.92. The fourth-order valence-corrected chi connectivity index (χ4v) is 2.39. The first-order chi connectivity index (χ1) is 12.0. The number of hydrogen-bond acceptors (Lipinski definition) is 8. The van der Waals surface area contributed by atoms with Crippen LogP contribution in [0, 0.1) is 5.82 Å². The Morgan fingerprint density at radius 3 is 2.80 bits per heavy atom. The molecule has 4 N–H and O–H groups in total.